The second-order valence-corrected chi connectivity index (χ2v) is 9.45. The summed E-state index contributed by atoms with van der Waals surface area (Å²) in [5.74, 6) is -1.45. The lowest BCUT2D eigenvalue weighted by molar-refractivity contribution is -0.144. The van der Waals surface area contributed by atoms with Gasteiger partial charge in [0.05, 0.1) is 11.6 Å². The highest BCUT2D eigenvalue weighted by molar-refractivity contribution is 5.95. The van der Waals surface area contributed by atoms with Crippen LogP contribution < -0.4 is 5.06 Å². The number of carbonyl (C=O) groups excluding carboxylic acids is 3. The summed E-state index contributed by atoms with van der Waals surface area (Å²) in [5, 5.41) is 5.56. The number of carbonyl (C=O) groups is 3. The summed E-state index contributed by atoms with van der Waals surface area (Å²) in [4.78, 5) is 51.7. The van der Waals surface area contributed by atoms with Crippen LogP contribution in [-0.2, 0) is 30.5 Å². The van der Waals surface area contributed by atoms with Crippen molar-refractivity contribution in [2.75, 3.05) is 11.6 Å². The number of esters is 1. The molecule has 1 fully saturated rings. The van der Waals surface area contributed by atoms with Gasteiger partial charge in [-0.2, -0.15) is 5.10 Å². The van der Waals surface area contributed by atoms with Crippen LogP contribution in [0.15, 0.2) is 24.7 Å². The summed E-state index contributed by atoms with van der Waals surface area (Å²) in [6, 6.07) is 0.964. The molecule has 0 atom stereocenters. The predicted molar refractivity (Wildman–Crippen MR) is 134 cm³/mol. The Balaban J connectivity index is 1.60. The van der Waals surface area contributed by atoms with Crippen LogP contribution in [0.5, 0.6) is 0 Å². The van der Waals surface area contributed by atoms with Gasteiger partial charge in [0.15, 0.2) is 11.5 Å². The largest absolute Gasteiger partial charge is 0.459 e. The van der Waals surface area contributed by atoms with Crippen LogP contribution in [0, 0.1) is 0 Å². The molecule has 0 bridgehead atoms. The number of ether oxygens (including phenoxy) is 1. The van der Waals surface area contributed by atoms with E-state index < -0.39 is 11.9 Å². The number of hydroxylamine groups is 1. The third-order valence-corrected chi connectivity index (χ3v) is 6.21. The Morgan fingerprint density at radius 1 is 1.08 bits per heavy atom. The first-order valence-electron chi connectivity index (χ1n) is 12.6. The van der Waals surface area contributed by atoms with Crippen LogP contribution in [-0.4, -0.2) is 67.7 Å². The molecule has 3 rings (SSSR count). The number of rotatable bonds is 13. The molecule has 1 aliphatic rings. The first kappa shape index (κ1) is 27.3. The Morgan fingerprint density at radius 2 is 1.78 bits per heavy atom. The molecular weight excluding hydrogens is 464 g/mol. The van der Waals surface area contributed by atoms with Gasteiger partial charge in [0.2, 0.25) is 6.41 Å². The van der Waals surface area contributed by atoms with Crippen LogP contribution >= 0.6 is 0 Å². The van der Waals surface area contributed by atoms with Crippen LogP contribution in [0.1, 0.15) is 66.2 Å². The molecular formula is C25H36N6O5. The first-order chi connectivity index (χ1) is 17.3. The second-order valence-electron chi connectivity index (χ2n) is 9.45. The quantitative estimate of drug-likeness (QED) is 0.134. The lowest BCUT2D eigenvalue weighted by Crippen LogP contribution is -2.37. The zero-order valence-corrected chi connectivity index (χ0v) is 21.5. The molecule has 0 radical (unpaired) electrons. The van der Waals surface area contributed by atoms with Gasteiger partial charge in [-0.1, -0.05) is 0 Å². The summed E-state index contributed by atoms with van der Waals surface area (Å²) < 4.78 is 7.01. The number of fused-ring (bicyclic) bond motifs is 1. The Labute approximate surface area is 211 Å². The zero-order chi connectivity index (χ0) is 26.1. The van der Waals surface area contributed by atoms with E-state index in [-0.39, 0.29) is 11.9 Å². The molecule has 2 aromatic rings. The molecule has 2 heterocycles. The monoisotopic (exact) mass is 500 g/mol. The molecule has 0 spiro atoms. The minimum absolute atomic E-state index is 0.0855. The maximum absolute atomic E-state index is 12.2. The summed E-state index contributed by atoms with van der Waals surface area (Å²) in [5.41, 5.74) is 0.531. The fourth-order valence-electron chi connectivity index (χ4n) is 4.48. The van der Waals surface area contributed by atoms with E-state index in [0.717, 1.165) is 57.2 Å². The van der Waals surface area contributed by atoms with E-state index in [2.05, 4.69) is 47.7 Å². The highest BCUT2D eigenvalue weighted by atomic mass is 16.7. The summed E-state index contributed by atoms with van der Waals surface area (Å²) in [7, 11) is 0. The number of amides is 1. The molecule has 1 amide bonds. The third kappa shape index (κ3) is 7.33. The van der Waals surface area contributed by atoms with Gasteiger partial charge in [0, 0.05) is 30.8 Å². The van der Waals surface area contributed by atoms with Crippen molar-refractivity contribution in [1.82, 2.24) is 24.6 Å². The van der Waals surface area contributed by atoms with E-state index in [1.54, 1.807) is 10.9 Å². The Morgan fingerprint density at radius 3 is 2.44 bits per heavy atom. The average molecular weight is 501 g/mol. The number of nitrogens with zero attached hydrogens (tertiary/aromatic N) is 6. The maximum Gasteiger partial charge on any atom is 0.356 e. The van der Waals surface area contributed by atoms with Crippen molar-refractivity contribution in [1.29, 1.82) is 0 Å². The van der Waals surface area contributed by atoms with Gasteiger partial charge in [0.25, 0.3) is 0 Å². The second kappa shape index (κ2) is 13.1. The van der Waals surface area contributed by atoms with Crippen molar-refractivity contribution in [3.8, 4) is 0 Å². The molecule has 1 aliphatic carbocycles. The molecule has 2 aromatic heterocycles. The van der Waals surface area contributed by atoms with Crippen molar-refractivity contribution in [2.24, 2.45) is 0 Å². The topological polar surface area (TPSA) is 120 Å². The molecule has 11 nitrogen and oxygen atoms in total. The van der Waals surface area contributed by atoms with Crippen molar-refractivity contribution >= 4 is 35.2 Å². The Bertz CT molecular complexity index is 1050. The minimum atomic E-state index is -0.913. The smallest absolute Gasteiger partial charge is 0.356 e. The molecule has 0 aromatic carbocycles. The van der Waals surface area contributed by atoms with Crippen LogP contribution in [0.2, 0.25) is 0 Å². The van der Waals surface area contributed by atoms with Crippen molar-refractivity contribution in [3.05, 3.63) is 24.7 Å². The van der Waals surface area contributed by atoms with Crippen molar-refractivity contribution in [3.63, 3.8) is 0 Å². The first-order valence-corrected chi connectivity index (χ1v) is 12.6. The van der Waals surface area contributed by atoms with Gasteiger partial charge < -0.3 is 9.57 Å². The number of aromatic nitrogens is 4. The Hall–Kier alpha value is -3.34. The van der Waals surface area contributed by atoms with Gasteiger partial charge in [-0.25, -0.2) is 24.2 Å². The van der Waals surface area contributed by atoms with Gasteiger partial charge in [0.1, 0.15) is 12.4 Å². The van der Waals surface area contributed by atoms with Crippen molar-refractivity contribution < 1.29 is 24.0 Å². The van der Waals surface area contributed by atoms with Crippen LogP contribution in [0.25, 0.3) is 11.0 Å². The fourth-order valence-corrected chi connectivity index (χ4v) is 4.48. The summed E-state index contributed by atoms with van der Waals surface area (Å²) in [6.07, 6.45) is 10.6. The zero-order valence-electron chi connectivity index (χ0n) is 21.5. The van der Waals surface area contributed by atoms with E-state index in [0.29, 0.717) is 41.1 Å². The summed E-state index contributed by atoms with van der Waals surface area (Å²) >= 11 is 0. The van der Waals surface area contributed by atoms with Gasteiger partial charge >= 0.3 is 11.9 Å². The molecule has 196 valence electrons. The standard InChI is InChI=1S/C25H36N6O5/c1-18(2)29(19(3)4)13-7-8-14-30-24-21(15-28-30)25(27-16-26-24)31(17-32)36-23(34)12-11-22(33)35-20-9-5-6-10-20/h11-12,15-20H,5-10,13-14H2,1-4H3/b12-11-. The van der Waals surface area contributed by atoms with Gasteiger partial charge in [-0.05, 0) is 72.8 Å². The normalized spacial score (nSPS) is 14.4. The number of hydrogen-bond donors (Lipinski definition) is 0. The lowest BCUT2D eigenvalue weighted by atomic mass is 10.2. The van der Waals surface area contributed by atoms with Crippen LogP contribution in [0.3, 0.4) is 0 Å². The molecule has 0 N–H and O–H groups in total. The van der Waals surface area contributed by atoms with Crippen molar-refractivity contribution in [2.45, 2.75) is 91.0 Å². The highest BCUT2D eigenvalue weighted by Gasteiger charge is 2.20. The van der Waals surface area contributed by atoms with E-state index in [1.165, 1.54) is 6.33 Å². The van der Waals surface area contributed by atoms with E-state index in [9.17, 15) is 14.4 Å². The molecule has 0 aliphatic heterocycles. The van der Waals surface area contributed by atoms with E-state index in [4.69, 9.17) is 9.57 Å². The molecule has 36 heavy (non-hydrogen) atoms. The predicted octanol–water partition coefficient (Wildman–Crippen LogP) is 3.19. The average Bonchev–Trinajstić information content (AvgIpc) is 3.50. The third-order valence-electron chi connectivity index (χ3n) is 6.21. The lowest BCUT2D eigenvalue weighted by Gasteiger charge is -2.30. The SMILES string of the molecule is CC(C)N(CCCCn1ncc2c(N(C=O)OC(=O)/C=C\C(=O)OC3CCCC3)ncnc21)C(C)C. The number of anilines is 1. The molecule has 11 heteroatoms. The molecule has 0 unspecified atom stereocenters. The fraction of sp³-hybridized carbons (Fsp3) is 0.600. The minimum Gasteiger partial charge on any atom is -0.459 e. The number of aryl methyl sites for hydroxylation is 1. The Kier molecular flexibility index (Phi) is 9.92. The summed E-state index contributed by atoms with van der Waals surface area (Å²) in [6.45, 7) is 10.4. The maximum atomic E-state index is 12.2. The molecule has 1 saturated carbocycles. The van der Waals surface area contributed by atoms with E-state index in [1.807, 2.05) is 0 Å². The molecule has 0 saturated heterocycles. The van der Waals surface area contributed by atoms with Gasteiger partial charge in [-0.3, -0.25) is 9.69 Å². The number of hydrogen-bond acceptors (Lipinski definition) is 9. The highest BCUT2D eigenvalue weighted by Crippen LogP contribution is 2.23. The van der Waals surface area contributed by atoms with E-state index >= 15 is 0 Å². The van der Waals surface area contributed by atoms with Crippen LogP contribution in [0.4, 0.5) is 5.82 Å². The number of unbranched alkanes of at least 4 members (excludes halogenated alkanes) is 1. The van der Waals surface area contributed by atoms with Gasteiger partial charge in [-0.15, -0.1) is 5.06 Å².